The zero-order chi connectivity index (χ0) is 25.6. The molecule has 0 bridgehead atoms. The molecule has 0 aromatic heterocycles. The highest BCUT2D eigenvalue weighted by molar-refractivity contribution is 6.33. The summed E-state index contributed by atoms with van der Waals surface area (Å²) in [6.07, 6.45) is -4.04. The Balaban J connectivity index is 1.94. The van der Waals surface area contributed by atoms with Gasteiger partial charge in [-0.2, -0.15) is 13.2 Å². The number of anilines is 1. The first kappa shape index (κ1) is 25.5. The minimum Gasteiger partial charge on any atom is -0.395 e. The molecule has 3 rings (SSSR count). The number of nitrogens with two attached hydrogens (primary N) is 1. The van der Waals surface area contributed by atoms with Crippen LogP contribution in [0.15, 0.2) is 89.6 Å². The van der Waals surface area contributed by atoms with Gasteiger partial charge in [0.1, 0.15) is 5.70 Å². The van der Waals surface area contributed by atoms with E-state index in [-0.39, 0.29) is 39.0 Å². The van der Waals surface area contributed by atoms with Gasteiger partial charge in [0.25, 0.3) is 11.8 Å². The summed E-state index contributed by atoms with van der Waals surface area (Å²) in [6, 6.07) is 18.6. The minimum atomic E-state index is -4.75. The largest absolute Gasteiger partial charge is 0.430 e. The molecule has 0 atom stereocenters. The van der Waals surface area contributed by atoms with Crippen LogP contribution in [0.1, 0.15) is 26.3 Å². The number of para-hydroxylation sites is 2. The molecule has 0 heterocycles. The highest BCUT2D eigenvalue weighted by Crippen LogP contribution is 2.27. The Morgan fingerprint density at radius 1 is 0.914 bits per heavy atom. The summed E-state index contributed by atoms with van der Waals surface area (Å²) in [5, 5.41) is 5.40. The van der Waals surface area contributed by atoms with Crippen LogP contribution in [0, 0.1) is 0 Å². The maximum Gasteiger partial charge on any atom is 0.430 e. The van der Waals surface area contributed by atoms with Gasteiger partial charge in [0, 0.05) is 18.2 Å². The maximum atomic E-state index is 13.1. The number of nitrogens with zero attached hydrogens (tertiary/aromatic N) is 1. The molecule has 0 aliphatic heterocycles. The molecule has 0 saturated carbocycles. The van der Waals surface area contributed by atoms with Crippen molar-refractivity contribution in [3.63, 3.8) is 0 Å². The van der Waals surface area contributed by atoms with E-state index in [2.05, 4.69) is 15.6 Å². The van der Waals surface area contributed by atoms with E-state index in [0.717, 1.165) is 0 Å². The van der Waals surface area contributed by atoms with E-state index in [1.165, 1.54) is 31.3 Å². The molecule has 3 aromatic rings. The van der Waals surface area contributed by atoms with Crippen LogP contribution in [0.4, 0.5) is 24.5 Å². The molecule has 0 spiro atoms. The summed E-state index contributed by atoms with van der Waals surface area (Å²) < 4.78 is 39.2. The van der Waals surface area contributed by atoms with Crippen LogP contribution < -0.4 is 16.4 Å². The Morgan fingerprint density at radius 3 is 2.14 bits per heavy atom. The van der Waals surface area contributed by atoms with Gasteiger partial charge in [0.15, 0.2) is 0 Å². The van der Waals surface area contributed by atoms with Crippen molar-refractivity contribution in [2.75, 3.05) is 12.4 Å². The Kier molecular flexibility index (Phi) is 7.93. The van der Waals surface area contributed by atoms with E-state index < -0.39 is 17.8 Å². The van der Waals surface area contributed by atoms with E-state index in [1.807, 2.05) is 0 Å². The van der Waals surface area contributed by atoms with Crippen molar-refractivity contribution < 1.29 is 22.8 Å². The topological polar surface area (TPSA) is 96.6 Å². The predicted molar refractivity (Wildman–Crippen MR) is 130 cm³/mol. The molecule has 0 aliphatic rings. The number of alkyl halides is 3. The molecule has 180 valence electrons. The fourth-order valence-corrected chi connectivity index (χ4v) is 3.17. The molecular formula is C25H20ClF3N4O2. The third kappa shape index (κ3) is 6.48. The second kappa shape index (κ2) is 10.9. The van der Waals surface area contributed by atoms with Gasteiger partial charge in [-0.3, -0.25) is 9.59 Å². The number of allylic oxidation sites excluding steroid dienone is 2. The summed E-state index contributed by atoms with van der Waals surface area (Å²) >= 11 is 6.11. The Hall–Kier alpha value is -4.11. The second-order valence-corrected chi connectivity index (χ2v) is 7.61. The van der Waals surface area contributed by atoms with Crippen LogP contribution in [0.2, 0.25) is 5.02 Å². The molecule has 0 fully saturated rings. The lowest BCUT2D eigenvalue weighted by Crippen LogP contribution is -2.21. The van der Waals surface area contributed by atoms with Gasteiger partial charge in [0.05, 0.1) is 27.7 Å². The predicted octanol–water partition coefficient (Wildman–Crippen LogP) is 5.48. The van der Waals surface area contributed by atoms with Crippen LogP contribution in [0.5, 0.6) is 0 Å². The number of nitrogens with one attached hydrogen (secondary N) is 2. The first-order valence-corrected chi connectivity index (χ1v) is 10.6. The molecule has 0 saturated heterocycles. The number of benzene rings is 3. The average molecular weight is 501 g/mol. The molecule has 0 aliphatic carbocycles. The lowest BCUT2D eigenvalue weighted by Gasteiger charge is -2.11. The van der Waals surface area contributed by atoms with E-state index >= 15 is 0 Å². The molecule has 6 nitrogen and oxygen atoms in total. The third-order valence-electron chi connectivity index (χ3n) is 4.80. The van der Waals surface area contributed by atoms with Gasteiger partial charge in [-0.05, 0) is 42.5 Å². The minimum absolute atomic E-state index is 0.0927. The summed E-state index contributed by atoms with van der Waals surface area (Å²) in [5.74, 6) is -0.881. The van der Waals surface area contributed by atoms with Gasteiger partial charge in [-0.25, -0.2) is 4.99 Å². The van der Waals surface area contributed by atoms with Crippen LogP contribution in [0.3, 0.4) is 0 Å². The molecule has 3 aromatic carbocycles. The highest BCUT2D eigenvalue weighted by Gasteiger charge is 2.31. The SMILES string of the molecule is CNC(=O)c1ccccc1NC(=O)c1ccc(C(C=C(N)C(F)(F)F)=Nc2ccccc2Cl)cc1. The van der Waals surface area contributed by atoms with Crippen molar-refractivity contribution in [3.8, 4) is 0 Å². The lowest BCUT2D eigenvalue weighted by atomic mass is 10.1. The Bertz CT molecular complexity index is 1300. The van der Waals surface area contributed by atoms with Gasteiger partial charge in [-0.1, -0.05) is 48.0 Å². The third-order valence-corrected chi connectivity index (χ3v) is 5.12. The number of rotatable bonds is 6. The summed E-state index contributed by atoms with van der Waals surface area (Å²) in [5.41, 5.74) is 5.12. The number of hydrogen-bond acceptors (Lipinski definition) is 4. The average Bonchev–Trinajstić information content (AvgIpc) is 2.84. The second-order valence-electron chi connectivity index (χ2n) is 7.20. The van der Waals surface area contributed by atoms with Crippen molar-refractivity contribution in [2.45, 2.75) is 6.18 Å². The van der Waals surface area contributed by atoms with Gasteiger partial charge < -0.3 is 16.4 Å². The molecule has 2 amide bonds. The fraction of sp³-hybridized carbons (Fsp3) is 0.0800. The van der Waals surface area contributed by atoms with Gasteiger partial charge in [0.2, 0.25) is 0 Å². The lowest BCUT2D eigenvalue weighted by molar-refractivity contribution is -0.0925. The zero-order valence-electron chi connectivity index (χ0n) is 18.4. The Labute approximate surface area is 204 Å². The quantitative estimate of drug-likeness (QED) is 0.391. The van der Waals surface area contributed by atoms with E-state index in [1.54, 1.807) is 48.5 Å². The van der Waals surface area contributed by atoms with Gasteiger partial charge in [-0.15, -0.1) is 0 Å². The van der Waals surface area contributed by atoms with Crippen molar-refractivity contribution >= 4 is 40.5 Å². The molecule has 4 N–H and O–H groups in total. The number of amides is 2. The molecule has 10 heteroatoms. The van der Waals surface area contributed by atoms with E-state index in [0.29, 0.717) is 11.8 Å². The summed E-state index contributed by atoms with van der Waals surface area (Å²) in [6.45, 7) is 0. The van der Waals surface area contributed by atoms with E-state index in [9.17, 15) is 22.8 Å². The van der Waals surface area contributed by atoms with Crippen LogP contribution in [-0.4, -0.2) is 30.8 Å². The maximum absolute atomic E-state index is 13.1. The summed E-state index contributed by atoms with van der Waals surface area (Å²) in [4.78, 5) is 29.0. The van der Waals surface area contributed by atoms with Crippen molar-refractivity contribution in [1.29, 1.82) is 0 Å². The fourth-order valence-electron chi connectivity index (χ4n) is 2.99. The summed E-state index contributed by atoms with van der Waals surface area (Å²) in [7, 11) is 1.47. The molecule has 0 radical (unpaired) electrons. The number of aliphatic imine (C=N–C) groups is 1. The zero-order valence-corrected chi connectivity index (χ0v) is 19.1. The molecular weight excluding hydrogens is 481 g/mol. The normalized spacial score (nSPS) is 12.3. The van der Waals surface area contributed by atoms with Crippen LogP contribution in [-0.2, 0) is 0 Å². The molecule has 0 unspecified atom stereocenters. The first-order valence-electron chi connectivity index (χ1n) is 10.2. The standard InChI is InChI=1S/C25H20ClF3N4O2/c1-31-24(35)17-6-2-4-8-19(17)33-23(34)16-12-10-15(11-13-16)21(14-22(30)25(27,28)29)32-20-9-5-3-7-18(20)26/h2-14H,30H2,1H3,(H,31,35)(H,33,34). The van der Waals surface area contributed by atoms with Crippen molar-refractivity contribution in [1.82, 2.24) is 5.32 Å². The van der Waals surface area contributed by atoms with Crippen LogP contribution in [0.25, 0.3) is 0 Å². The number of hydrogen-bond donors (Lipinski definition) is 3. The number of carbonyl (C=O) groups excluding carboxylic acids is 2. The van der Waals surface area contributed by atoms with Gasteiger partial charge >= 0.3 is 6.18 Å². The van der Waals surface area contributed by atoms with Crippen molar-refractivity contribution in [3.05, 3.63) is 106 Å². The van der Waals surface area contributed by atoms with Crippen molar-refractivity contribution in [2.24, 2.45) is 10.7 Å². The van der Waals surface area contributed by atoms with Crippen LogP contribution >= 0.6 is 11.6 Å². The smallest absolute Gasteiger partial charge is 0.395 e. The number of carbonyl (C=O) groups is 2. The molecule has 35 heavy (non-hydrogen) atoms. The Morgan fingerprint density at radius 2 is 1.51 bits per heavy atom. The number of halogens is 4. The van der Waals surface area contributed by atoms with E-state index in [4.69, 9.17) is 17.3 Å². The first-order chi connectivity index (χ1) is 16.6. The monoisotopic (exact) mass is 500 g/mol. The highest BCUT2D eigenvalue weighted by atomic mass is 35.5.